The van der Waals surface area contributed by atoms with Crippen LogP contribution < -0.4 is 0 Å². The molecule has 2 heterocycles. The van der Waals surface area contributed by atoms with E-state index in [1.807, 2.05) is 25.3 Å². The van der Waals surface area contributed by atoms with Gasteiger partial charge < -0.3 is 4.84 Å². The van der Waals surface area contributed by atoms with Crippen LogP contribution in [0.4, 0.5) is 0 Å². The molecular weight excluding hydrogens is 212 g/mol. The Bertz CT molecular complexity index is 499. The highest BCUT2D eigenvalue weighted by molar-refractivity contribution is 7.19. The Hall–Kier alpha value is -1.43. The number of nitrogens with zero attached hydrogens (tertiary/aromatic N) is 4. The molecule has 0 radical (unpaired) electrons. The van der Waals surface area contributed by atoms with Crippen molar-refractivity contribution in [3.05, 3.63) is 16.9 Å². The molecule has 0 N–H and O–H groups in total. The number of rotatable bonds is 3. The average molecular weight is 224 g/mol. The number of aromatic nitrogens is 3. The molecule has 0 aliphatic carbocycles. The van der Waals surface area contributed by atoms with Crippen molar-refractivity contribution in [1.29, 1.82) is 0 Å². The highest BCUT2D eigenvalue weighted by atomic mass is 32.1. The van der Waals surface area contributed by atoms with E-state index in [0.29, 0.717) is 6.61 Å². The third-order valence-electron chi connectivity index (χ3n) is 2.02. The summed E-state index contributed by atoms with van der Waals surface area (Å²) in [6, 6.07) is 0. The largest absolute Gasteiger partial charge is 0.396 e. The van der Waals surface area contributed by atoms with Crippen LogP contribution in [-0.2, 0) is 4.84 Å². The summed E-state index contributed by atoms with van der Waals surface area (Å²) in [5.74, 6) is 0. The van der Waals surface area contributed by atoms with E-state index in [-0.39, 0.29) is 0 Å². The summed E-state index contributed by atoms with van der Waals surface area (Å²) in [6.45, 7) is 6.41. The number of hydrogen-bond donors (Lipinski definition) is 0. The minimum absolute atomic E-state index is 0.581. The van der Waals surface area contributed by atoms with Gasteiger partial charge in [0.1, 0.15) is 12.9 Å². The first kappa shape index (κ1) is 10.1. The van der Waals surface area contributed by atoms with Gasteiger partial charge in [0.15, 0.2) is 0 Å². The zero-order chi connectivity index (χ0) is 10.8. The fourth-order valence-corrected chi connectivity index (χ4v) is 2.30. The van der Waals surface area contributed by atoms with Crippen LogP contribution in [0.5, 0.6) is 0 Å². The molecule has 0 saturated heterocycles. The van der Waals surface area contributed by atoms with Gasteiger partial charge in [0, 0.05) is 0 Å². The molecular formula is C9H12N4OS. The van der Waals surface area contributed by atoms with Crippen molar-refractivity contribution in [2.24, 2.45) is 5.16 Å². The molecule has 15 heavy (non-hydrogen) atoms. The first-order chi connectivity index (χ1) is 7.24. The van der Waals surface area contributed by atoms with E-state index >= 15 is 0 Å². The van der Waals surface area contributed by atoms with Crippen molar-refractivity contribution in [1.82, 2.24) is 14.6 Å². The zero-order valence-electron chi connectivity index (χ0n) is 8.89. The van der Waals surface area contributed by atoms with Gasteiger partial charge in [0.2, 0.25) is 4.96 Å². The van der Waals surface area contributed by atoms with Gasteiger partial charge in [-0.3, -0.25) is 0 Å². The van der Waals surface area contributed by atoms with Crippen LogP contribution in [0, 0.1) is 6.92 Å². The second-order valence-corrected chi connectivity index (χ2v) is 4.04. The molecule has 0 amide bonds. The predicted molar refractivity (Wildman–Crippen MR) is 59.4 cm³/mol. The van der Waals surface area contributed by atoms with E-state index in [4.69, 9.17) is 4.84 Å². The van der Waals surface area contributed by atoms with Crippen LogP contribution in [0.25, 0.3) is 4.96 Å². The molecule has 0 aliphatic heterocycles. The van der Waals surface area contributed by atoms with Crippen LogP contribution in [0.3, 0.4) is 0 Å². The number of hydrogen-bond acceptors (Lipinski definition) is 5. The van der Waals surface area contributed by atoms with Gasteiger partial charge in [-0.25, -0.2) is 9.50 Å². The SMILES string of the molecule is CCON=C(C)c1sc2ncnn2c1C. The average Bonchev–Trinajstić information content (AvgIpc) is 2.78. The van der Waals surface area contributed by atoms with Crippen LogP contribution in [0.2, 0.25) is 0 Å². The minimum Gasteiger partial charge on any atom is -0.396 e. The highest BCUT2D eigenvalue weighted by Gasteiger charge is 2.12. The Morgan fingerprint density at radius 2 is 2.47 bits per heavy atom. The Balaban J connectivity index is 2.43. The van der Waals surface area contributed by atoms with E-state index in [1.54, 1.807) is 17.7 Å². The normalized spacial score (nSPS) is 12.3. The number of oxime groups is 1. The lowest BCUT2D eigenvalue weighted by molar-refractivity contribution is 0.159. The molecule has 0 unspecified atom stereocenters. The first-order valence-corrected chi connectivity index (χ1v) is 5.51. The second kappa shape index (κ2) is 3.98. The summed E-state index contributed by atoms with van der Waals surface area (Å²) in [5, 5.41) is 8.13. The van der Waals surface area contributed by atoms with Gasteiger partial charge in [-0.1, -0.05) is 16.5 Å². The predicted octanol–water partition coefficient (Wildman–Crippen LogP) is 1.86. The second-order valence-electron chi connectivity index (χ2n) is 3.07. The van der Waals surface area contributed by atoms with Gasteiger partial charge in [-0.15, -0.1) is 0 Å². The van der Waals surface area contributed by atoms with Gasteiger partial charge in [-0.05, 0) is 20.8 Å². The van der Waals surface area contributed by atoms with Crippen LogP contribution in [0.15, 0.2) is 11.5 Å². The molecule has 0 spiro atoms. The van der Waals surface area contributed by atoms with Crippen molar-refractivity contribution in [2.75, 3.05) is 6.61 Å². The molecule has 2 rings (SSSR count). The maximum Gasteiger partial charge on any atom is 0.212 e. The maximum absolute atomic E-state index is 5.02. The molecule has 2 aromatic rings. The van der Waals surface area contributed by atoms with Crippen molar-refractivity contribution >= 4 is 22.0 Å². The quantitative estimate of drug-likeness (QED) is 0.590. The first-order valence-electron chi connectivity index (χ1n) is 4.70. The maximum atomic E-state index is 5.02. The smallest absolute Gasteiger partial charge is 0.212 e. The van der Waals surface area contributed by atoms with E-state index in [2.05, 4.69) is 15.2 Å². The fourth-order valence-electron chi connectivity index (χ4n) is 1.33. The molecule has 0 atom stereocenters. The molecule has 2 aromatic heterocycles. The van der Waals surface area contributed by atoms with Crippen LogP contribution in [-0.4, -0.2) is 26.9 Å². The van der Waals surface area contributed by atoms with Gasteiger partial charge in [-0.2, -0.15) is 5.10 Å². The van der Waals surface area contributed by atoms with Crippen molar-refractivity contribution < 1.29 is 4.84 Å². The lowest BCUT2D eigenvalue weighted by Crippen LogP contribution is -1.98. The van der Waals surface area contributed by atoms with Crippen LogP contribution in [0.1, 0.15) is 24.4 Å². The third kappa shape index (κ3) is 1.72. The Morgan fingerprint density at radius 3 is 3.13 bits per heavy atom. The van der Waals surface area contributed by atoms with E-state index < -0.39 is 0 Å². The lowest BCUT2D eigenvalue weighted by Gasteiger charge is -1.98. The van der Waals surface area contributed by atoms with Crippen molar-refractivity contribution in [2.45, 2.75) is 20.8 Å². The zero-order valence-corrected chi connectivity index (χ0v) is 9.71. The summed E-state index contributed by atoms with van der Waals surface area (Å²) in [6.07, 6.45) is 1.55. The van der Waals surface area contributed by atoms with Crippen LogP contribution >= 0.6 is 11.3 Å². The molecule has 0 saturated carbocycles. The molecule has 5 nitrogen and oxygen atoms in total. The fraction of sp³-hybridized carbons (Fsp3) is 0.444. The van der Waals surface area contributed by atoms with Gasteiger partial charge in [0.25, 0.3) is 0 Å². The molecule has 0 fully saturated rings. The molecule has 0 bridgehead atoms. The van der Waals surface area contributed by atoms with E-state index in [9.17, 15) is 0 Å². The monoisotopic (exact) mass is 224 g/mol. The molecule has 0 aliphatic rings. The molecule has 0 aromatic carbocycles. The van der Waals surface area contributed by atoms with E-state index in [0.717, 1.165) is 21.2 Å². The third-order valence-corrected chi connectivity index (χ3v) is 3.27. The summed E-state index contributed by atoms with van der Waals surface area (Å²) in [4.78, 5) is 11.1. The number of thiazole rings is 1. The highest BCUT2D eigenvalue weighted by Crippen LogP contribution is 2.21. The summed E-state index contributed by atoms with van der Waals surface area (Å²) >= 11 is 1.57. The van der Waals surface area contributed by atoms with E-state index in [1.165, 1.54) is 0 Å². The van der Waals surface area contributed by atoms with Crippen molar-refractivity contribution in [3.8, 4) is 0 Å². The number of fused-ring (bicyclic) bond motifs is 1. The molecule has 80 valence electrons. The van der Waals surface area contributed by atoms with Gasteiger partial charge in [0.05, 0.1) is 16.3 Å². The Labute approximate surface area is 91.4 Å². The lowest BCUT2D eigenvalue weighted by atomic mass is 10.3. The van der Waals surface area contributed by atoms with Crippen molar-refractivity contribution in [3.63, 3.8) is 0 Å². The Morgan fingerprint density at radius 1 is 1.67 bits per heavy atom. The minimum atomic E-state index is 0.581. The summed E-state index contributed by atoms with van der Waals surface area (Å²) in [7, 11) is 0. The summed E-state index contributed by atoms with van der Waals surface area (Å²) < 4.78 is 1.81. The Kier molecular flexibility index (Phi) is 2.68. The van der Waals surface area contributed by atoms with Gasteiger partial charge >= 0.3 is 0 Å². The standard InChI is InChI=1S/C9H12N4OS/c1-4-14-12-6(2)8-7(3)13-9(15-8)10-5-11-13/h5H,4H2,1-3H3. The topological polar surface area (TPSA) is 51.8 Å². The number of aryl methyl sites for hydroxylation is 1. The molecule has 6 heteroatoms. The summed E-state index contributed by atoms with van der Waals surface area (Å²) in [5.41, 5.74) is 1.92.